The minimum atomic E-state index is -2.17. The number of rotatable bonds is 16. The van der Waals surface area contributed by atoms with E-state index in [1.807, 2.05) is 67.6 Å². The zero-order chi connectivity index (χ0) is 43.7. The molecule has 5 aliphatic heterocycles. The third-order valence-corrected chi connectivity index (χ3v) is 16.9. The van der Waals surface area contributed by atoms with Gasteiger partial charge in [-0.3, -0.25) is 9.59 Å². The highest BCUT2D eigenvalue weighted by Gasteiger charge is 2.63. The lowest BCUT2D eigenvalue weighted by molar-refractivity contribution is -0.409. The van der Waals surface area contributed by atoms with E-state index in [1.165, 1.54) is 0 Å². The van der Waals surface area contributed by atoms with Gasteiger partial charge >= 0.3 is 0 Å². The van der Waals surface area contributed by atoms with Crippen molar-refractivity contribution in [2.45, 2.75) is 224 Å². The summed E-state index contributed by atoms with van der Waals surface area (Å²) in [5, 5.41) is 37.4. The molecule has 59 heavy (non-hydrogen) atoms. The van der Waals surface area contributed by atoms with Crippen LogP contribution in [0.5, 0.6) is 0 Å². The molecule has 2 spiro atoms. The zero-order valence-electron chi connectivity index (χ0n) is 38.2. The zero-order valence-corrected chi connectivity index (χ0v) is 39.2. The van der Waals surface area contributed by atoms with Gasteiger partial charge in [-0.1, -0.05) is 48.5 Å². The summed E-state index contributed by atoms with van der Waals surface area (Å²) >= 11 is 0. The van der Waals surface area contributed by atoms with Crippen LogP contribution in [0.3, 0.4) is 0 Å². The molecule has 1 amide bonds. The van der Waals surface area contributed by atoms with E-state index >= 15 is 0 Å². The molecule has 0 aromatic rings. The van der Waals surface area contributed by atoms with Gasteiger partial charge in [-0.2, -0.15) is 0 Å². The first-order valence-electron chi connectivity index (χ1n) is 23.3. The van der Waals surface area contributed by atoms with Crippen molar-refractivity contribution >= 4 is 20.0 Å². The Hall–Kier alpha value is -1.26. The van der Waals surface area contributed by atoms with Gasteiger partial charge in [0.1, 0.15) is 11.9 Å². The average Bonchev–Trinajstić information content (AvgIpc) is 3.54. The van der Waals surface area contributed by atoms with Gasteiger partial charge in [0, 0.05) is 36.6 Å². The standard InChI is InChI=1S/C46H81NO11Si/c1-12-33(42(51)47-25-16-26-59(10,11)53)36-18-15-17-35(55-36)30(6)39(49)31(7)40(50)34(13-2)41-28(4)27-29(5)45(56-41)22-19-37(48)46(58-45)24-23-43(9,57-46)38-20-21-44(52,14-3)32(8)54-38/h19,22,28-39,41,48-49,52-53H,12-18,20-21,23-27H2,1-11H3,(H,47,51)/t28-,29+,30+,31-,32-,33+,34-,35+,36+,37+,38+,39-,41-,43-,44+,45-,46-/m0/s1. The first-order chi connectivity index (χ1) is 27.6. The lowest BCUT2D eigenvalue weighted by Crippen LogP contribution is -2.63. The maximum Gasteiger partial charge on any atom is 0.225 e. The summed E-state index contributed by atoms with van der Waals surface area (Å²) in [6.45, 7) is 22.2. The highest BCUT2D eigenvalue weighted by molar-refractivity contribution is 6.69. The van der Waals surface area contributed by atoms with Gasteiger partial charge in [-0.25, -0.2) is 0 Å². The Labute approximate surface area is 356 Å². The molecule has 5 rings (SSSR count). The summed E-state index contributed by atoms with van der Waals surface area (Å²) in [6, 6.07) is 0.732. The van der Waals surface area contributed by atoms with Gasteiger partial charge in [-0.15, -0.1) is 0 Å². The van der Waals surface area contributed by atoms with E-state index in [2.05, 4.69) is 19.2 Å². The Kier molecular flexibility index (Phi) is 15.9. The Morgan fingerprint density at radius 1 is 0.949 bits per heavy atom. The fourth-order valence-electron chi connectivity index (χ4n) is 11.0. The van der Waals surface area contributed by atoms with E-state index in [-0.39, 0.29) is 59.8 Å². The highest BCUT2D eigenvalue weighted by Crippen LogP contribution is 2.54. The third kappa shape index (κ3) is 10.4. The molecule has 0 saturated carbocycles. The number of nitrogens with one attached hydrogen (secondary N) is 1. The summed E-state index contributed by atoms with van der Waals surface area (Å²) in [6.07, 6.45) is 7.69. The van der Waals surface area contributed by atoms with E-state index in [9.17, 15) is 29.7 Å². The minimum absolute atomic E-state index is 0.0204. The van der Waals surface area contributed by atoms with Crippen LogP contribution in [0.15, 0.2) is 12.2 Å². The molecule has 5 heterocycles. The number of carbonyl (C=O) groups excluding carboxylic acids is 2. The molecular weight excluding hydrogens is 771 g/mol. The lowest BCUT2D eigenvalue weighted by Gasteiger charge is -2.54. The number of aliphatic hydroxyl groups excluding tert-OH is 2. The van der Waals surface area contributed by atoms with Gasteiger partial charge in [0.25, 0.3) is 0 Å². The molecule has 0 aliphatic carbocycles. The molecule has 5 aliphatic rings. The van der Waals surface area contributed by atoms with Gasteiger partial charge in [0.2, 0.25) is 11.7 Å². The molecule has 0 radical (unpaired) electrons. The number of amides is 1. The Morgan fingerprint density at radius 2 is 1.63 bits per heavy atom. The summed E-state index contributed by atoms with van der Waals surface area (Å²) in [5.41, 5.74) is -1.63. The molecule has 12 nitrogen and oxygen atoms in total. The van der Waals surface area contributed by atoms with Crippen LogP contribution in [-0.2, 0) is 33.3 Å². The van der Waals surface area contributed by atoms with Crippen molar-refractivity contribution in [3.05, 3.63) is 12.2 Å². The van der Waals surface area contributed by atoms with Crippen LogP contribution in [0, 0.1) is 35.5 Å². The molecule has 340 valence electrons. The lowest BCUT2D eigenvalue weighted by atomic mass is 9.73. The topological polar surface area (TPSA) is 173 Å². The largest absolute Gasteiger partial charge is 0.432 e. The first-order valence-corrected chi connectivity index (χ1v) is 26.4. The minimum Gasteiger partial charge on any atom is -0.432 e. The number of hydrogen-bond donors (Lipinski definition) is 5. The predicted octanol–water partition coefficient (Wildman–Crippen LogP) is 6.56. The Balaban J connectivity index is 1.24. The molecule has 17 atom stereocenters. The first kappa shape index (κ1) is 48.8. The number of hydrogen-bond acceptors (Lipinski definition) is 11. The van der Waals surface area contributed by atoms with Gasteiger partial charge < -0.3 is 49.1 Å². The van der Waals surface area contributed by atoms with Gasteiger partial charge in [0.05, 0.1) is 53.7 Å². The summed E-state index contributed by atoms with van der Waals surface area (Å²) in [5.74, 6) is -4.63. The molecule has 0 bridgehead atoms. The van der Waals surface area contributed by atoms with Crippen LogP contribution < -0.4 is 5.32 Å². The normalized spacial score (nSPS) is 41.7. The molecule has 0 unspecified atom stereocenters. The van der Waals surface area contributed by atoms with Crippen LogP contribution in [0.4, 0.5) is 0 Å². The maximum absolute atomic E-state index is 14.5. The Bertz CT molecular complexity index is 1460. The van der Waals surface area contributed by atoms with Gasteiger partial charge in [-0.05, 0) is 122 Å². The van der Waals surface area contributed by atoms with Crippen molar-refractivity contribution in [3.8, 4) is 0 Å². The predicted molar refractivity (Wildman–Crippen MR) is 229 cm³/mol. The maximum atomic E-state index is 14.5. The van der Waals surface area contributed by atoms with E-state index in [4.69, 9.17) is 23.7 Å². The molecule has 0 aromatic heterocycles. The molecule has 5 N–H and O–H groups in total. The van der Waals surface area contributed by atoms with Crippen molar-refractivity contribution in [1.82, 2.24) is 5.32 Å². The second-order valence-electron chi connectivity index (χ2n) is 20.2. The number of Topliss-reactive ketones (excluding diaryl/α,β-unsaturated/α-hetero) is 1. The van der Waals surface area contributed by atoms with E-state index < -0.39 is 61.2 Å². The fraction of sp³-hybridized carbons (Fsp3) is 0.913. The summed E-state index contributed by atoms with van der Waals surface area (Å²) in [4.78, 5) is 38.0. The summed E-state index contributed by atoms with van der Waals surface area (Å²) < 4.78 is 33.8. The number of ether oxygens (including phenoxy) is 5. The highest BCUT2D eigenvalue weighted by atomic mass is 28.4. The summed E-state index contributed by atoms with van der Waals surface area (Å²) in [7, 11) is -2.17. The average molecular weight is 852 g/mol. The number of ketones is 1. The van der Waals surface area contributed by atoms with Crippen LogP contribution >= 0.6 is 0 Å². The van der Waals surface area contributed by atoms with Crippen molar-refractivity contribution in [3.63, 3.8) is 0 Å². The molecule has 4 saturated heterocycles. The van der Waals surface area contributed by atoms with Crippen LogP contribution in [0.2, 0.25) is 19.1 Å². The second kappa shape index (κ2) is 19.2. The Morgan fingerprint density at radius 3 is 2.25 bits per heavy atom. The van der Waals surface area contributed by atoms with Crippen LogP contribution in [0.1, 0.15) is 139 Å². The van der Waals surface area contributed by atoms with E-state index in [0.29, 0.717) is 51.5 Å². The molecule has 4 fully saturated rings. The van der Waals surface area contributed by atoms with Gasteiger partial charge in [0.15, 0.2) is 14.1 Å². The smallest absolute Gasteiger partial charge is 0.225 e. The van der Waals surface area contributed by atoms with Crippen molar-refractivity contribution in [2.24, 2.45) is 35.5 Å². The van der Waals surface area contributed by atoms with E-state index in [0.717, 1.165) is 38.1 Å². The van der Waals surface area contributed by atoms with E-state index in [1.54, 1.807) is 6.08 Å². The van der Waals surface area contributed by atoms with Crippen LogP contribution in [-0.4, -0.2) is 112 Å². The number of aliphatic hydroxyl groups is 3. The molecule has 13 heteroatoms. The molecule has 0 aromatic carbocycles. The SMILES string of the molecule is CC[C@@H](C(=O)[C@@H](C)[C@@H](O)[C@H](C)[C@H]1CCC[C@H]([C@@H](CC)C(=O)NCCC[Si](C)(C)O)O1)[C@H]1O[C@]2(C=C[C@@H](O)[C@]3(CC[C@@](C)([C@H]4CC[C@](O)(CC)[C@H](C)O4)O3)O2)[C@H](C)C[C@@H]1C. The fourth-order valence-corrected chi connectivity index (χ4v) is 12.1. The monoisotopic (exact) mass is 852 g/mol. The van der Waals surface area contributed by atoms with Crippen molar-refractivity contribution in [2.75, 3.05) is 6.54 Å². The second-order valence-corrected chi connectivity index (χ2v) is 24.4. The third-order valence-electron chi connectivity index (χ3n) is 15.3. The van der Waals surface area contributed by atoms with Crippen molar-refractivity contribution in [1.29, 1.82) is 0 Å². The van der Waals surface area contributed by atoms with Crippen molar-refractivity contribution < 1.29 is 53.4 Å². The quantitative estimate of drug-likeness (QED) is 0.0647. The van der Waals surface area contributed by atoms with Crippen LogP contribution in [0.25, 0.3) is 0 Å². The molecular formula is C46H81NO11Si. The number of carbonyl (C=O) groups is 2.